The van der Waals surface area contributed by atoms with E-state index in [4.69, 9.17) is 4.74 Å². The van der Waals surface area contributed by atoms with Gasteiger partial charge in [0.1, 0.15) is 0 Å². The van der Waals surface area contributed by atoms with Crippen LogP contribution in [-0.4, -0.2) is 47.4 Å². The predicted octanol–water partition coefficient (Wildman–Crippen LogP) is 23.9. The van der Waals surface area contributed by atoms with Gasteiger partial charge in [-0.3, -0.25) is 9.59 Å². The minimum Gasteiger partial charge on any atom is -0.466 e. The number of amides is 1. The Bertz CT molecular complexity index is 1210. The zero-order valence-electron chi connectivity index (χ0n) is 54.6. The van der Waals surface area contributed by atoms with E-state index < -0.39 is 12.1 Å². The number of unbranched alkanes of at least 4 members (excludes halogenated alkanes) is 57. The van der Waals surface area contributed by atoms with Crippen LogP contribution in [0.4, 0.5) is 0 Å². The number of hydrogen-bond acceptors (Lipinski definition) is 5. The molecule has 1 amide bonds. The zero-order valence-corrected chi connectivity index (χ0v) is 54.6. The van der Waals surface area contributed by atoms with E-state index in [1.54, 1.807) is 0 Å². The number of nitrogens with one attached hydrogen (secondary N) is 1. The molecule has 0 aromatic heterocycles. The van der Waals surface area contributed by atoms with Crippen LogP contribution in [0.25, 0.3) is 0 Å². The van der Waals surface area contributed by atoms with E-state index in [0.29, 0.717) is 25.9 Å². The molecule has 0 aliphatic carbocycles. The Hall–Kier alpha value is -1.40. The van der Waals surface area contributed by atoms with Gasteiger partial charge in [-0.05, 0) is 51.4 Å². The highest BCUT2D eigenvalue weighted by Gasteiger charge is 2.20. The van der Waals surface area contributed by atoms with Gasteiger partial charge in [-0.1, -0.05) is 373 Å². The molecule has 0 fully saturated rings. The first-order valence-corrected chi connectivity index (χ1v) is 36.9. The first-order chi connectivity index (χ1) is 39.5. The van der Waals surface area contributed by atoms with Gasteiger partial charge in [0.05, 0.1) is 25.4 Å². The number of hydrogen-bond donors (Lipinski definition) is 3. The van der Waals surface area contributed by atoms with E-state index in [-0.39, 0.29) is 18.5 Å². The van der Waals surface area contributed by atoms with Crippen molar-refractivity contribution in [1.29, 1.82) is 0 Å². The van der Waals surface area contributed by atoms with E-state index in [1.165, 1.54) is 347 Å². The molecule has 2 atom stereocenters. The molecule has 0 aromatic rings. The van der Waals surface area contributed by atoms with E-state index >= 15 is 0 Å². The number of aliphatic hydroxyl groups is 2. The Labute approximate surface area is 501 Å². The van der Waals surface area contributed by atoms with Crippen LogP contribution in [0.1, 0.15) is 425 Å². The van der Waals surface area contributed by atoms with E-state index in [1.807, 2.05) is 0 Å². The first kappa shape index (κ1) is 78.6. The van der Waals surface area contributed by atoms with Crippen molar-refractivity contribution in [2.75, 3.05) is 13.2 Å². The topological polar surface area (TPSA) is 95.9 Å². The largest absolute Gasteiger partial charge is 0.466 e. The molecule has 0 aliphatic rings. The average Bonchev–Trinajstić information content (AvgIpc) is 3.46. The molecule has 6 heteroatoms. The number of carbonyl (C=O) groups excluding carboxylic acids is 2. The molecule has 2 unspecified atom stereocenters. The SMILES string of the molecule is CCCCCC/C=C\CCCCCCCC(=O)OCCCCCCCCCCCCCCCCCCCCCCCCCCCCCCCCCCCC(=O)NC(CO)C(O)CCCCCCCCCCCCCCCCCCC. The second-order valence-corrected chi connectivity index (χ2v) is 25.6. The molecule has 0 saturated carbocycles. The maximum absolute atomic E-state index is 12.5. The first-order valence-electron chi connectivity index (χ1n) is 36.9. The number of carbonyl (C=O) groups is 2. The Kier molecular flexibility index (Phi) is 68.9. The van der Waals surface area contributed by atoms with E-state index in [2.05, 4.69) is 31.3 Å². The lowest BCUT2D eigenvalue weighted by atomic mass is 10.0. The predicted molar refractivity (Wildman–Crippen MR) is 352 cm³/mol. The lowest BCUT2D eigenvalue weighted by molar-refractivity contribution is -0.143. The van der Waals surface area contributed by atoms with Crippen LogP contribution in [0, 0.1) is 0 Å². The molecule has 0 saturated heterocycles. The summed E-state index contributed by atoms with van der Waals surface area (Å²) in [6.07, 6.45) is 87.1. The number of rotatable bonds is 70. The van der Waals surface area contributed by atoms with Gasteiger partial charge in [-0.2, -0.15) is 0 Å². The normalized spacial score (nSPS) is 12.5. The molecule has 0 rings (SSSR count). The highest BCUT2D eigenvalue weighted by Crippen LogP contribution is 2.20. The summed E-state index contributed by atoms with van der Waals surface area (Å²) in [4.78, 5) is 24.6. The summed E-state index contributed by atoms with van der Waals surface area (Å²) in [7, 11) is 0. The van der Waals surface area contributed by atoms with Crippen LogP contribution in [0.3, 0.4) is 0 Å². The molecule has 0 aromatic carbocycles. The fourth-order valence-electron chi connectivity index (χ4n) is 11.9. The molecule has 6 nitrogen and oxygen atoms in total. The van der Waals surface area contributed by atoms with Crippen LogP contribution < -0.4 is 5.32 Å². The molecular weight excluding hydrogens is 983 g/mol. The molecule has 3 N–H and O–H groups in total. The Morgan fingerprint density at radius 1 is 0.338 bits per heavy atom. The lowest BCUT2D eigenvalue weighted by Gasteiger charge is -2.22. The van der Waals surface area contributed by atoms with E-state index in [9.17, 15) is 19.8 Å². The smallest absolute Gasteiger partial charge is 0.305 e. The van der Waals surface area contributed by atoms with Crippen LogP contribution >= 0.6 is 0 Å². The number of aliphatic hydroxyl groups excluding tert-OH is 2. The molecule has 0 radical (unpaired) electrons. The summed E-state index contributed by atoms with van der Waals surface area (Å²) < 4.78 is 5.49. The van der Waals surface area contributed by atoms with Gasteiger partial charge in [-0.25, -0.2) is 0 Å². The summed E-state index contributed by atoms with van der Waals surface area (Å²) in [6, 6.07) is -0.537. The van der Waals surface area contributed by atoms with Crippen molar-refractivity contribution in [3.63, 3.8) is 0 Å². The maximum atomic E-state index is 12.5. The van der Waals surface area contributed by atoms with Gasteiger partial charge in [-0.15, -0.1) is 0 Å². The summed E-state index contributed by atoms with van der Waals surface area (Å²) in [5, 5.41) is 23.4. The molecule has 0 bridgehead atoms. The molecule has 476 valence electrons. The van der Waals surface area contributed by atoms with Crippen molar-refractivity contribution in [2.45, 2.75) is 437 Å². The fraction of sp³-hybridized carbons (Fsp3) is 0.946. The van der Waals surface area contributed by atoms with Crippen molar-refractivity contribution in [3.05, 3.63) is 12.2 Å². The zero-order chi connectivity index (χ0) is 57.8. The molecular formula is C74H145NO5. The van der Waals surface area contributed by atoms with Crippen molar-refractivity contribution in [2.24, 2.45) is 0 Å². The van der Waals surface area contributed by atoms with Crippen LogP contribution in [0.15, 0.2) is 12.2 Å². The third kappa shape index (κ3) is 65.7. The third-order valence-corrected chi connectivity index (χ3v) is 17.6. The van der Waals surface area contributed by atoms with Gasteiger partial charge in [0.15, 0.2) is 0 Å². The van der Waals surface area contributed by atoms with E-state index in [0.717, 1.165) is 44.9 Å². The minimum atomic E-state index is -0.660. The van der Waals surface area contributed by atoms with Crippen LogP contribution in [-0.2, 0) is 14.3 Å². The highest BCUT2D eigenvalue weighted by atomic mass is 16.5. The van der Waals surface area contributed by atoms with Crippen molar-refractivity contribution >= 4 is 11.9 Å². The molecule has 0 heterocycles. The summed E-state index contributed by atoms with van der Waals surface area (Å²) in [5.74, 6) is -0.0126. The Morgan fingerprint density at radius 3 is 0.900 bits per heavy atom. The van der Waals surface area contributed by atoms with Gasteiger partial charge in [0.2, 0.25) is 5.91 Å². The van der Waals surface area contributed by atoms with Crippen molar-refractivity contribution in [1.82, 2.24) is 5.32 Å². The van der Waals surface area contributed by atoms with Gasteiger partial charge in [0, 0.05) is 12.8 Å². The van der Waals surface area contributed by atoms with Crippen LogP contribution in [0.2, 0.25) is 0 Å². The number of esters is 1. The Morgan fingerprint density at radius 2 is 0.588 bits per heavy atom. The quantitative estimate of drug-likeness (QED) is 0.0320. The monoisotopic (exact) mass is 1130 g/mol. The number of allylic oxidation sites excluding steroid dienone is 2. The van der Waals surface area contributed by atoms with Gasteiger partial charge >= 0.3 is 5.97 Å². The summed E-state index contributed by atoms with van der Waals surface area (Å²) >= 11 is 0. The molecule has 80 heavy (non-hydrogen) atoms. The third-order valence-electron chi connectivity index (χ3n) is 17.6. The summed E-state index contributed by atoms with van der Waals surface area (Å²) in [6.45, 7) is 4.98. The second kappa shape index (κ2) is 70.1. The second-order valence-electron chi connectivity index (χ2n) is 25.6. The summed E-state index contributed by atoms with van der Waals surface area (Å²) in [5.41, 5.74) is 0. The van der Waals surface area contributed by atoms with Gasteiger partial charge in [0.25, 0.3) is 0 Å². The maximum Gasteiger partial charge on any atom is 0.305 e. The Balaban J connectivity index is 3.31. The minimum absolute atomic E-state index is 0.0133. The van der Waals surface area contributed by atoms with Crippen LogP contribution in [0.5, 0.6) is 0 Å². The van der Waals surface area contributed by atoms with Gasteiger partial charge < -0.3 is 20.3 Å². The lowest BCUT2D eigenvalue weighted by Crippen LogP contribution is -2.45. The standard InChI is InChI=1S/C74H145NO5/c1-3-5-7-9-11-13-15-17-18-36-39-43-46-50-54-58-62-66-72(77)71(70-76)75-73(78)67-63-59-55-51-47-44-40-37-34-32-30-28-26-24-22-20-19-21-23-25-27-29-31-33-35-38-41-45-49-53-57-61-65-69-80-74(79)68-64-60-56-52-48-42-16-14-12-10-8-6-4-2/h14,16,71-72,76-77H,3-13,15,17-70H2,1-2H3,(H,75,78)/b16-14-. The number of ether oxygens (including phenoxy) is 1. The fourth-order valence-corrected chi connectivity index (χ4v) is 11.9. The molecule has 0 spiro atoms. The highest BCUT2D eigenvalue weighted by molar-refractivity contribution is 5.76. The average molecular weight is 1130 g/mol. The molecule has 0 aliphatic heterocycles. The van der Waals surface area contributed by atoms with Crippen molar-refractivity contribution < 1.29 is 24.5 Å². The van der Waals surface area contributed by atoms with Crippen molar-refractivity contribution in [3.8, 4) is 0 Å².